The summed E-state index contributed by atoms with van der Waals surface area (Å²) in [6.45, 7) is 0. The first-order valence-corrected chi connectivity index (χ1v) is 3.61. The SMILES string of the molecule is CN(C)C1=CC(=O)CCC1. The van der Waals surface area contributed by atoms with Gasteiger partial charge in [-0.15, -0.1) is 0 Å². The summed E-state index contributed by atoms with van der Waals surface area (Å²) in [7, 11) is 3.95. The van der Waals surface area contributed by atoms with Crippen molar-refractivity contribution in [2.24, 2.45) is 0 Å². The van der Waals surface area contributed by atoms with Crippen LogP contribution in [-0.2, 0) is 4.79 Å². The first kappa shape index (κ1) is 7.32. The summed E-state index contributed by atoms with van der Waals surface area (Å²) in [6, 6.07) is 0. The van der Waals surface area contributed by atoms with Gasteiger partial charge in [0.1, 0.15) is 0 Å². The van der Waals surface area contributed by atoms with Crippen molar-refractivity contribution in [3.63, 3.8) is 0 Å². The van der Waals surface area contributed by atoms with Gasteiger partial charge in [-0.05, 0) is 12.8 Å². The molecule has 0 aliphatic heterocycles. The van der Waals surface area contributed by atoms with Crippen molar-refractivity contribution in [1.82, 2.24) is 4.90 Å². The second-order valence-corrected chi connectivity index (χ2v) is 2.85. The van der Waals surface area contributed by atoms with Crippen molar-refractivity contribution < 1.29 is 4.79 Å². The molecule has 0 radical (unpaired) electrons. The van der Waals surface area contributed by atoms with Gasteiger partial charge < -0.3 is 4.90 Å². The van der Waals surface area contributed by atoms with Gasteiger partial charge in [0.05, 0.1) is 0 Å². The Hall–Kier alpha value is -0.790. The van der Waals surface area contributed by atoms with E-state index in [1.807, 2.05) is 19.0 Å². The molecule has 0 saturated heterocycles. The second kappa shape index (κ2) is 2.86. The van der Waals surface area contributed by atoms with Crippen LogP contribution in [0.25, 0.3) is 0 Å². The third kappa shape index (κ3) is 1.59. The third-order valence-corrected chi connectivity index (χ3v) is 1.76. The van der Waals surface area contributed by atoms with Crippen molar-refractivity contribution >= 4 is 5.78 Å². The molecule has 1 aliphatic carbocycles. The van der Waals surface area contributed by atoms with Crippen LogP contribution in [0.4, 0.5) is 0 Å². The van der Waals surface area contributed by atoms with Crippen LogP contribution in [0, 0.1) is 0 Å². The van der Waals surface area contributed by atoms with Crippen LogP contribution in [0.3, 0.4) is 0 Å². The third-order valence-electron chi connectivity index (χ3n) is 1.76. The number of ketones is 1. The molecule has 0 N–H and O–H groups in total. The Balaban J connectivity index is 2.66. The predicted octanol–water partition coefficient (Wildman–Crippen LogP) is 1.18. The summed E-state index contributed by atoms with van der Waals surface area (Å²) in [5.41, 5.74) is 1.16. The molecular formula is C8H13NO. The van der Waals surface area contributed by atoms with Gasteiger partial charge in [-0.3, -0.25) is 4.79 Å². The Morgan fingerprint density at radius 2 is 2.10 bits per heavy atom. The van der Waals surface area contributed by atoms with E-state index in [4.69, 9.17) is 0 Å². The van der Waals surface area contributed by atoms with E-state index in [9.17, 15) is 4.79 Å². The topological polar surface area (TPSA) is 20.3 Å². The van der Waals surface area contributed by atoms with Crippen LogP contribution in [0.5, 0.6) is 0 Å². The standard InChI is InChI=1S/C8H13NO/c1-9(2)7-4-3-5-8(10)6-7/h6H,3-5H2,1-2H3. The minimum Gasteiger partial charge on any atom is -0.381 e. The number of carbonyl (C=O) groups is 1. The lowest BCUT2D eigenvalue weighted by molar-refractivity contribution is -0.115. The summed E-state index contributed by atoms with van der Waals surface area (Å²) < 4.78 is 0. The van der Waals surface area contributed by atoms with Gasteiger partial charge in [0, 0.05) is 32.3 Å². The Kier molecular flexibility index (Phi) is 2.10. The van der Waals surface area contributed by atoms with E-state index in [1.54, 1.807) is 6.08 Å². The summed E-state index contributed by atoms with van der Waals surface area (Å²) >= 11 is 0. The molecule has 0 aromatic heterocycles. The number of hydrogen-bond donors (Lipinski definition) is 0. The van der Waals surface area contributed by atoms with Crippen molar-refractivity contribution in [3.8, 4) is 0 Å². The van der Waals surface area contributed by atoms with Gasteiger partial charge in [0.2, 0.25) is 0 Å². The van der Waals surface area contributed by atoms with Crippen LogP contribution >= 0.6 is 0 Å². The molecule has 0 heterocycles. The molecule has 0 bridgehead atoms. The summed E-state index contributed by atoms with van der Waals surface area (Å²) in [6.07, 6.45) is 4.56. The minimum absolute atomic E-state index is 0.273. The van der Waals surface area contributed by atoms with Gasteiger partial charge in [-0.1, -0.05) is 0 Å². The van der Waals surface area contributed by atoms with Crippen LogP contribution in [0.15, 0.2) is 11.8 Å². The lowest BCUT2D eigenvalue weighted by Crippen LogP contribution is -2.16. The molecule has 0 aromatic carbocycles. The van der Waals surface area contributed by atoms with E-state index >= 15 is 0 Å². The first-order valence-electron chi connectivity index (χ1n) is 3.61. The average molecular weight is 139 g/mol. The Labute approximate surface area is 61.5 Å². The van der Waals surface area contributed by atoms with Gasteiger partial charge in [0.25, 0.3) is 0 Å². The minimum atomic E-state index is 0.273. The molecule has 0 unspecified atom stereocenters. The van der Waals surface area contributed by atoms with E-state index in [1.165, 1.54) is 0 Å². The number of rotatable bonds is 1. The van der Waals surface area contributed by atoms with Crippen molar-refractivity contribution in [2.75, 3.05) is 14.1 Å². The molecule has 0 fully saturated rings. The Morgan fingerprint density at radius 3 is 2.50 bits per heavy atom. The van der Waals surface area contributed by atoms with Gasteiger partial charge >= 0.3 is 0 Å². The van der Waals surface area contributed by atoms with Gasteiger partial charge in [-0.25, -0.2) is 0 Å². The van der Waals surface area contributed by atoms with Crippen molar-refractivity contribution in [2.45, 2.75) is 19.3 Å². The van der Waals surface area contributed by atoms with Crippen LogP contribution in [0.2, 0.25) is 0 Å². The van der Waals surface area contributed by atoms with E-state index < -0.39 is 0 Å². The molecule has 1 aliphatic rings. The van der Waals surface area contributed by atoms with Gasteiger partial charge in [-0.2, -0.15) is 0 Å². The fraction of sp³-hybridized carbons (Fsp3) is 0.625. The second-order valence-electron chi connectivity index (χ2n) is 2.85. The quantitative estimate of drug-likeness (QED) is 0.543. The maximum Gasteiger partial charge on any atom is 0.157 e. The maximum absolute atomic E-state index is 10.9. The summed E-state index contributed by atoms with van der Waals surface area (Å²) in [5.74, 6) is 0.273. The molecule has 10 heavy (non-hydrogen) atoms. The average Bonchev–Trinajstić information content (AvgIpc) is 1.88. The highest BCUT2D eigenvalue weighted by Gasteiger charge is 2.09. The van der Waals surface area contributed by atoms with E-state index in [0.29, 0.717) is 0 Å². The molecular weight excluding hydrogens is 126 g/mol. The molecule has 0 amide bonds. The molecule has 0 saturated carbocycles. The van der Waals surface area contributed by atoms with Gasteiger partial charge in [0.15, 0.2) is 5.78 Å². The summed E-state index contributed by atoms with van der Waals surface area (Å²) in [5, 5.41) is 0. The molecule has 0 aromatic rings. The zero-order chi connectivity index (χ0) is 7.56. The van der Waals surface area contributed by atoms with E-state index in [2.05, 4.69) is 0 Å². The highest BCUT2D eigenvalue weighted by molar-refractivity contribution is 5.90. The normalized spacial score (nSPS) is 18.6. The molecule has 2 heteroatoms. The largest absolute Gasteiger partial charge is 0.381 e. The van der Waals surface area contributed by atoms with Crippen LogP contribution in [-0.4, -0.2) is 24.8 Å². The smallest absolute Gasteiger partial charge is 0.157 e. The zero-order valence-electron chi connectivity index (χ0n) is 6.55. The lowest BCUT2D eigenvalue weighted by atomic mass is 10.0. The molecule has 1 rings (SSSR count). The predicted molar refractivity (Wildman–Crippen MR) is 40.6 cm³/mol. The van der Waals surface area contributed by atoms with Crippen LogP contribution < -0.4 is 0 Å². The fourth-order valence-electron chi connectivity index (χ4n) is 1.13. The van der Waals surface area contributed by atoms with Crippen molar-refractivity contribution in [3.05, 3.63) is 11.8 Å². The van der Waals surface area contributed by atoms with E-state index in [-0.39, 0.29) is 5.78 Å². The zero-order valence-corrected chi connectivity index (χ0v) is 6.55. The number of allylic oxidation sites excluding steroid dienone is 2. The summed E-state index contributed by atoms with van der Waals surface area (Å²) in [4.78, 5) is 12.9. The highest BCUT2D eigenvalue weighted by Crippen LogP contribution is 2.15. The van der Waals surface area contributed by atoms with E-state index in [0.717, 1.165) is 25.0 Å². The van der Waals surface area contributed by atoms with Crippen molar-refractivity contribution in [1.29, 1.82) is 0 Å². The molecule has 56 valence electrons. The first-order chi connectivity index (χ1) is 4.70. The lowest BCUT2D eigenvalue weighted by Gasteiger charge is -2.19. The monoisotopic (exact) mass is 139 g/mol. The maximum atomic E-state index is 10.9. The van der Waals surface area contributed by atoms with Crippen LogP contribution in [0.1, 0.15) is 19.3 Å². The molecule has 2 nitrogen and oxygen atoms in total. The Bertz CT molecular complexity index is 170. The fourth-order valence-corrected chi connectivity index (χ4v) is 1.13. The molecule has 0 spiro atoms. The number of carbonyl (C=O) groups excluding carboxylic acids is 1. The molecule has 0 atom stereocenters. The number of nitrogens with zero attached hydrogens (tertiary/aromatic N) is 1. The number of hydrogen-bond acceptors (Lipinski definition) is 2. The Morgan fingerprint density at radius 1 is 1.40 bits per heavy atom. The highest BCUT2D eigenvalue weighted by atomic mass is 16.1.